The lowest BCUT2D eigenvalue weighted by Gasteiger charge is -2.23. The average Bonchev–Trinajstić information content (AvgIpc) is 3.33. The summed E-state index contributed by atoms with van der Waals surface area (Å²) in [6, 6.07) is 2.18. The molecular formula is C19H32N4O2. The maximum absolute atomic E-state index is 12.4. The van der Waals surface area contributed by atoms with Crippen LogP contribution in [0.5, 0.6) is 0 Å². The molecule has 1 aliphatic heterocycles. The van der Waals surface area contributed by atoms with Gasteiger partial charge in [0, 0.05) is 25.9 Å². The number of piperidine rings is 1. The van der Waals surface area contributed by atoms with Gasteiger partial charge in [-0.1, -0.05) is 12.8 Å². The van der Waals surface area contributed by atoms with Crippen molar-refractivity contribution in [1.29, 1.82) is 0 Å². The molecule has 1 aromatic rings. The smallest absolute Gasteiger partial charge is 0.271 e. The summed E-state index contributed by atoms with van der Waals surface area (Å²) < 4.78 is 7.85. The van der Waals surface area contributed by atoms with Crippen LogP contribution in [0.2, 0.25) is 0 Å². The Kier molecular flexibility index (Phi) is 6.87. The Morgan fingerprint density at radius 3 is 2.96 bits per heavy atom. The van der Waals surface area contributed by atoms with E-state index in [0.29, 0.717) is 24.2 Å². The summed E-state index contributed by atoms with van der Waals surface area (Å²) >= 11 is 0. The van der Waals surface area contributed by atoms with E-state index in [9.17, 15) is 4.79 Å². The second-order valence-corrected chi connectivity index (χ2v) is 7.26. The normalized spacial score (nSPS) is 22.8. The van der Waals surface area contributed by atoms with Gasteiger partial charge < -0.3 is 15.4 Å². The fourth-order valence-electron chi connectivity index (χ4n) is 4.14. The molecule has 2 N–H and O–H groups in total. The summed E-state index contributed by atoms with van der Waals surface area (Å²) in [6.07, 6.45) is 10.5. The van der Waals surface area contributed by atoms with Gasteiger partial charge in [-0.05, 0) is 57.6 Å². The maximum Gasteiger partial charge on any atom is 0.271 e. The van der Waals surface area contributed by atoms with E-state index in [2.05, 4.69) is 15.7 Å². The summed E-state index contributed by atoms with van der Waals surface area (Å²) in [4.78, 5) is 12.4. The topological polar surface area (TPSA) is 68.2 Å². The summed E-state index contributed by atoms with van der Waals surface area (Å²) in [5.41, 5.74) is 0.513. The van der Waals surface area contributed by atoms with Crippen molar-refractivity contribution in [2.75, 3.05) is 26.2 Å². The number of hydrogen-bond acceptors (Lipinski definition) is 4. The molecule has 2 fully saturated rings. The first kappa shape index (κ1) is 18.4. The predicted molar refractivity (Wildman–Crippen MR) is 97.7 cm³/mol. The number of nitrogens with zero attached hydrogens (tertiary/aromatic N) is 2. The predicted octanol–water partition coefficient (Wildman–Crippen LogP) is 2.52. The minimum Gasteiger partial charge on any atom is -0.378 e. The van der Waals surface area contributed by atoms with Gasteiger partial charge >= 0.3 is 0 Å². The molecule has 6 heteroatoms. The fraction of sp³-hybridized carbons (Fsp3) is 0.789. The number of rotatable bonds is 8. The lowest BCUT2D eigenvalue weighted by atomic mass is 9.98. The van der Waals surface area contributed by atoms with Gasteiger partial charge in [-0.3, -0.25) is 9.48 Å². The third-order valence-corrected chi connectivity index (χ3v) is 5.51. The summed E-state index contributed by atoms with van der Waals surface area (Å²) in [5, 5.41) is 10.9. The molecule has 2 atom stereocenters. The Labute approximate surface area is 150 Å². The molecule has 0 bridgehead atoms. The number of carbonyl (C=O) groups is 1. The first-order valence-corrected chi connectivity index (χ1v) is 9.93. The maximum atomic E-state index is 12.4. The van der Waals surface area contributed by atoms with Crippen molar-refractivity contribution in [3.8, 4) is 0 Å². The molecule has 1 saturated heterocycles. The zero-order valence-corrected chi connectivity index (χ0v) is 15.4. The largest absolute Gasteiger partial charge is 0.378 e. The zero-order valence-electron chi connectivity index (χ0n) is 15.4. The molecule has 0 aromatic carbocycles. The zero-order chi connectivity index (χ0) is 17.5. The van der Waals surface area contributed by atoms with Gasteiger partial charge in [0.1, 0.15) is 5.69 Å². The van der Waals surface area contributed by atoms with E-state index in [1.165, 1.54) is 25.7 Å². The van der Waals surface area contributed by atoms with Gasteiger partial charge in [0.05, 0.1) is 12.1 Å². The first-order chi connectivity index (χ1) is 12.3. The average molecular weight is 348 g/mol. The minimum absolute atomic E-state index is 0.0795. The van der Waals surface area contributed by atoms with Crippen LogP contribution in [-0.4, -0.2) is 48.0 Å². The van der Waals surface area contributed by atoms with Crippen molar-refractivity contribution in [3.05, 3.63) is 18.0 Å². The van der Waals surface area contributed by atoms with Crippen molar-refractivity contribution in [3.63, 3.8) is 0 Å². The third kappa shape index (κ3) is 5.05. The van der Waals surface area contributed by atoms with Gasteiger partial charge in [-0.2, -0.15) is 5.10 Å². The number of ether oxygens (including phenoxy) is 1. The molecule has 3 rings (SSSR count). The summed E-state index contributed by atoms with van der Waals surface area (Å²) in [7, 11) is 0. The van der Waals surface area contributed by atoms with E-state index in [1.807, 2.05) is 23.9 Å². The molecule has 2 heterocycles. The number of nitrogens with one attached hydrogen (secondary N) is 2. The van der Waals surface area contributed by atoms with E-state index in [1.54, 1.807) is 0 Å². The molecule has 6 nitrogen and oxygen atoms in total. The molecule has 0 spiro atoms. The highest BCUT2D eigenvalue weighted by atomic mass is 16.5. The van der Waals surface area contributed by atoms with Crippen LogP contribution in [0, 0.1) is 5.92 Å². The van der Waals surface area contributed by atoms with Crippen LogP contribution >= 0.6 is 0 Å². The Morgan fingerprint density at radius 2 is 2.24 bits per heavy atom. The van der Waals surface area contributed by atoms with E-state index in [0.717, 1.165) is 39.0 Å². The van der Waals surface area contributed by atoms with Crippen molar-refractivity contribution in [1.82, 2.24) is 20.4 Å². The van der Waals surface area contributed by atoms with Crippen molar-refractivity contribution >= 4 is 5.91 Å². The molecule has 2 unspecified atom stereocenters. The highest BCUT2D eigenvalue weighted by Crippen LogP contribution is 2.30. The van der Waals surface area contributed by atoms with Gasteiger partial charge in [0.15, 0.2) is 0 Å². The van der Waals surface area contributed by atoms with Crippen molar-refractivity contribution < 1.29 is 9.53 Å². The lowest BCUT2D eigenvalue weighted by molar-refractivity contribution is 0.0163. The molecule has 1 saturated carbocycles. The van der Waals surface area contributed by atoms with Crippen molar-refractivity contribution in [2.24, 2.45) is 5.92 Å². The van der Waals surface area contributed by atoms with Crippen LogP contribution in [0.4, 0.5) is 0 Å². The van der Waals surface area contributed by atoms with Crippen LogP contribution in [0.25, 0.3) is 0 Å². The standard InChI is InChI=1S/C19H32N4O2/c1-2-25-18(15-6-3-4-7-15)9-12-21-19(24)17-10-13-23(22-17)16-8-5-11-20-14-16/h10,13,15-16,18,20H,2-9,11-12,14H2,1H3,(H,21,24). The van der Waals surface area contributed by atoms with Crippen LogP contribution in [0.3, 0.4) is 0 Å². The van der Waals surface area contributed by atoms with E-state index in [4.69, 9.17) is 4.74 Å². The molecule has 1 amide bonds. The second kappa shape index (κ2) is 9.34. The fourth-order valence-corrected chi connectivity index (χ4v) is 4.14. The van der Waals surface area contributed by atoms with Gasteiger partial charge in [-0.15, -0.1) is 0 Å². The molecule has 1 aliphatic carbocycles. The van der Waals surface area contributed by atoms with Crippen LogP contribution in [0.15, 0.2) is 12.3 Å². The molecule has 140 valence electrons. The molecule has 25 heavy (non-hydrogen) atoms. The summed E-state index contributed by atoms with van der Waals surface area (Å²) in [6.45, 7) is 5.45. The lowest BCUT2D eigenvalue weighted by Crippen LogP contribution is -2.33. The molecular weight excluding hydrogens is 316 g/mol. The highest BCUT2D eigenvalue weighted by Gasteiger charge is 2.25. The minimum atomic E-state index is -0.0795. The SMILES string of the molecule is CCOC(CCNC(=O)c1ccn(C2CCCNC2)n1)C1CCCC1. The first-order valence-electron chi connectivity index (χ1n) is 9.93. The van der Waals surface area contributed by atoms with Crippen LogP contribution in [-0.2, 0) is 4.74 Å². The second-order valence-electron chi connectivity index (χ2n) is 7.26. The Bertz CT molecular complexity index is 533. The van der Waals surface area contributed by atoms with E-state index >= 15 is 0 Å². The van der Waals surface area contributed by atoms with Crippen molar-refractivity contribution in [2.45, 2.75) is 64.0 Å². The Hall–Kier alpha value is -1.40. The molecule has 2 aliphatic rings. The highest BCUT2D eigenvalue weighted by molar-refractivity contribution is 5.92. The third-order valence-electron chi connectivity index (χ3n) is 5.51. The number of carbonyl (C=O) groups excluding carboxylic acids is 1. The summed E-state index contributed by atoms with van der Waals surface area (Å²) in [5.74, 6) is 0.582. The number of aromatic nitrogens is 2. The van der Waals surface area contributed by atoms with E-state index < -0.39 is 0 Å². The van der Waals surface area contributed by atoms with Gasteiger partial charge in [-0.25, -0.2) is 0 Å². The van der Waals surface area contributed by atoms with E-state index in [-0.39, 0.29) is 12.0 Å². The number of amides is 1. The Balaban J connectivity index is 1.46. The van der Waals surface area contributed by atoms with Crippen LogP contribution < -0.4 is 10.6 Å². The van der Waals surface area contributed by atoms with Gasteiger partial charge in [0.2, 0.25) is 0 Å². The molecule has 1 aromatic heterocycles. The van der Waals surface area contributed by atoms with Crippen LogP contribution in [0.1, 0.15) is 68.4 Å². The number of hydrogen-bond donors (Lipinski definition) is 2. The monoisotopic (exact) mass is 348 g/mol. The Morgan fingerprint density at radius 1 is 1.40 bits per heavy atom. The van der Waals surface area contributed by atoms with Gasteiger partial charge in [0.25, 0.3) is 5.91 Å². The molecule has 0 radical (unpaired) electrons. The quantitative estimate of drug-likeness (QED) is 0.757.